The van der Waals surface area contributed by atoms with Crippen molar-refractivity contribution in [3.8, 4) is 5.75 Å². The predicted octanol–water partition coefficient (Wildman–Crippen LogP) is 1.34. The van der Waals surface area contributed by atoms with Crippen molar-refractivity contribution >= 4 is 0 Å². The zero-order valence-electron chi connectivity index (χ0n) is 11.7. The number of benzene rings is 1. The lowest BCUT2D eigenvalue weighted by Crippen LogP contribution is -2.24. The molecule has 0 fully saturated rings. The molecule has 0 bridgehead atoms. The Morgan fingerprint density at radius 1 is 1.21 bits per heavy atom. The first-order valence-electron chi connectivity index (χ1n) is 7.05. The third kappa shape index (κ3) is 4.82. The molecule has 4 nitrogen and oxygen atoms in total. The molecule has 0 amide bonds. The average Bonchev–Trinajstić information content (AvgIpc) is 2.89. The van der Waals surface area contributed by atoms with Gasteiger partial charge in [-0.15, -0.1) is 0 Å². The van der Waals surface area contributed by atoms with E-state index in [1.54, 1.807) is 7.11 Å². The van der Waals surface area contributed by atoms with Gasteiger partial charge in [0.05, 0.1) is 13.2 Å². The smallest absolute Gasteiger partial charge is 0.122 e. The second-order valence-electron chi connectivity index (χ2n) is 4.81. The monoisotopic (exact) mass is 264 g/mol. The van der Waals surface area contributed by atoms with Gasteiger partial charge in [-0.3, -0.25) is 0 Å². The molecule has 2 N–H and O–H groups in total. The fourth-order valence-corrected chi connectivity index (χ4v) is 2.22. The van der Waals surface area contributed by atoms with Gasteiger partial charge < -0.3 is 20.1 Å². The maximum Gasteiger partial charge on any atom is 0.122 e. The van der Waals surface area contributed by atoms with Gasteiger partial charge in [0.2, 0.25) is 0 Å². The SMILES string of the molecule is COCCNCCCNCc1ccc2c(c1)CCO2. The Kier molecular flexibility index (Phi) is 6.14. The van der Waals surface area contributed by atoms with Crippen molar-refractivity contribution in [1.82, 2.24) is 10.6 Å². The van der Waals surface area contributed by atoms with Crippen LogP contribution in [0.5, 0.6) is 5.75 Å². The van der Waals surface area contributed by atoms with Crippen LogP contribution < -0.4 is 15.4 Å². The van der Waals surface area contributed by atoms with Gasteiger partial charge in [-0.05, 0) is 36.7 Å². The van der Waals surface area contributed by atoms with Crippen molar-refractivity contribution in [2.75, 3.05) is 40.0 Å². The summed E-state index contributed by atoms with van der Waals surface area (Å²) in [5, 5.41) is 6.81. The first-order chi connectivity index (χ1) is 9.40. The van der Waals surface area contributed by atoms with E-state index in [9.17, 15) is 0 Å². The normalized spacial score (nSPS) is 13.3. The highest BCUT2D eigenvalue weighted by Crippen LogP contribution is 2.25. The molecule has 19 heavy (non-hydrogen) atoms. The van der Waals surface area contributed by atoms with Gasteiger partial charge in [0.15, 0.2) is 0 Å². The Hall–Kier alpha value is -1.10. The minimum absolute atomic E-state index is 0.782. The van der Waals surface area contributed by atoms with E-state index in [1.165, 1.54) is 11.1 Å². The fraction of sp³-hybridized carbons (Fsp3) is 0.600. The van der Waals surface area contributed by atoms with Gasteiger partial charge in [0.25, 0.3) is 0 Å². The summed E-state index contributed by atoms with van der Waals surface area (Å²) in [7, 11) is 1.73. The molecule has 0 unspecified atom stereocenters. The molecule has 2 rings (SSSR count). The second-order valence-corrected chi connectivity index (χ2v) is 4.81. The van der Waals surface area contributed by atoms with Gasteiger partial charge in [0, 0.05) is 26.6 Å². The van der Waals surface area contributed by atoms with Crippen LogP contribution in [0.15, 0.2) is 18.2 Å². The molecule has 106 valence electrons. The van der Waals surface area contributed by atoms with Crippen LogP contribution in [0, 0.1) is 0 Å². The Balaban J connectivity index is 1.56. The third-order valence-electron chi connectivity index (χ3n) is 3.27. The van der Waals surface area contributed by atoms with Crippen molar-refractivity contribution in [2.24, 2.45) is 0 Å². The molecule has 1 aliphatic rings. The van der Waals surface area contributed by atoms with E-state index in [1.807, 2.05) is 0 Å². The summed E-state index contributed by atoms with van der Waals surface area (Å²) in [6.07, 6.45) is 2.18. The molecule has 1 heterocycles. The van der Waals surface area contributed by atoms with Crippen LogP contribution in [0.2, 0.25) is 0 Å². The van der Waals surface area contributed by atoms with Crippen LogP contribution in [0.4, 0.5) is 0 Å². The molecule has 0 aliphatic carbocycles. The second kappa shape index (κ2) is 8.15. The third-order valence-corrected chi connectivity index (χ3v) is 3.27. The summed E-state index contributed by atoms with van der Waals surface area (Å²) in [5.41, 5.74) is 2.69. The number of hydrogen-bond donors (Lipinski definition) is 2. The summed E-state index contributed by atoms with van der Waals surface area (Å²) in [6.45, 7) is 5.55. The minimum Gasteiger partial charge on any atom is -0.493 e. The van der Waals surface area contributed by atoms with Crippen LogP contribution in [0.3, 0.4) is 0 Å². The molecular weight excluding hydrogens is 240 g/mol. The van der Waals surface area contributed by atoms with Crippen LogP contribution in [0.25, 0.3) is 0 Å². The number of hydrogen-bond acceptors (Lipinski definition) is 4. The van der Waals surface area contributed by atoms with E-state index < -0.39 is 0 Å². The number of rotatable bonds is 9. The van der Waals surface area contributed by atoms with Crippen molar-refractivity contribution in [3.05, 3.63) is 29.3 Å². The lowest BCUT2D eigenvalue weighted by Gasteiger charge is -2.07. The van der Waals surface area contributed by atoms with E-state index in [-0.39, 0.29) is 0 Å². The van der Waals surface area contributed by atoms with Crippen LogP contribution in [-0.4, -0.2) is 40.0 Å². The number of ether oxygens (including phenoxy) is 2. The highest BCUT2D eigenvalue weighted by molar-refractivity contribution is 5.39. The quantitative estimate of drug-likeness (QED) is 0.661. The van der Waals surface area contributed by atoms with Crippen LogP contribution >= 0.6 is 0 Å². The number of methoxy groups -OCH3 is 1. The van der Waals surface area contributed by atoms with Crippen LogP contribution in [-0.2, 0) is 17.7 Å². The predicted molar refractivity (Wildman–Crippen MR) is 76.7 cm³/mol. The summed E-state index contributed by atoms with van der Waals surface area (Å²) < 4.78 is 10.5. The molecule has 0 spiro atoms. The molecule has 0 saturated heterocycles. The average molecular weight is 264 g/mol. The van der Waals surface area contributed by atoms with Gasteiger partial charge in [0.1, 0.15) is 5.75 Å². The Labute approximate surface area is 115 Å². The molecule has 1 aromatic rings. The number of fused-ring (bicyclic) bond motifs is 1. The highest BCUT2D eigenvalue weighted by atomic mass is 16.5. The summed E-state index contributed by atoms with van der Waals surface area (Å²) >= 11 is 0. The largest absolute Gasteiger partial charge is 0.493 e. The number of nitrogens with one attached hydrogen (secondary N) is 2. The standard InChI is InChI=1S/C15H24N2O2/c1-18-10-8-16-6-2-7-17-12-13-3-4-15-14(11-13)5-9-19-15/h3-4,11,16-17H,2,5-10,12H2,1H3. The molecule has 1 aromatic carbocycles. The van der Waals surface area contributed by atoms with Crippen molar-refractivity contribution in [3.63, 3.8) is 0 Å². The van der Waals surface area contributed by atoms with E-state index >= 15 is 0 Å². The topological polar surface area (TPSA) is 42.5 Å². The van der Waals surface area contributed by atoms with Gasteiger partial charge in [-0.25, -0.2) is 0 Å². The Bertz CT molecular complexity index is 382. The van der Waals surface area contributed by atoms with Crippen LogP contribution in [0.1, 0.15) is 17.5 Å². The van der Waals surface area contributed by atoms with Crippen molar-refractivity contribution in [2.45, 2.75) is 19.4 Å². The Morgan fingerprint density at radius 2 is 2.11 bits per heavy atom. The maximum atomic E-state index is 5.50. The van der Waals surface area contributed by atoms with Crippen molar-refractivity contribution < 1.29 is 9.47 Å². The van der Waals surface area contributed by atoms with E-state index in [2.05, 4.69) is 28.8 Å². The van der Waals surface area contributed by atoms with Gasteiger partial charge >= 0.3 is 0 Å². The first kappa shape index (κ1) is 14.3. The van der Waals surface area contributed by atoms with E-state index in [0.717, 1.165) is 58.0 Å². The highest BCUT2D eigenvalue weighted by Gasteiger charge is 2.11. The molecule has 0 atom stereocenters. The molecule has 0 aromatic heterocycles. The molecule has 4 heteroatoms. The molecule has 1 aliphatic heterocycles. The zero-order valence-corrected chi connectivity index (χ0v) is 11.7. The molecular formula is C15H24N2O2. The lowest BCUT2D eigenvalue weighted by atomic mass is 10.1. The summed E-state index contributed by atoms with van der Waals surface area (Å²) in [5.74, 6) is 1.06. The molecule has 0 radical (unpaired) electrons. The minimum atomic E-state index is 0.782. The lowest BCUT2D eigenvalue weighted by molar-refractivity contribution is 0.199. The van der Waals surface area contributed by atoms with Crippen molar-refractivity contribution in [1.29, 1.82) is 0 Å². The van der Waals surface area contributed by atoms with E-state index in [0.29, 0.717) is 0 Å². The Morgan fingerprint density at radius 3 is 3.00 bits per heavy atom. The van der Waals surface area contributed by atoms with E-state index in [4.69, 9.17) is 9.47 Å². The molecule has 0 saturated carbocycles. The summed E-state index contributed by atoms with van der Waals surface area (Å²) in [4.78, 5) is 0. The fourth-order valence-electron chi connectivity index (χ4n) is 2.22. The van der Waals surface area contributed by atoms with Gasteiger partial charge in [-0.2, -0.15) is 0 Å². The summed E-state index contributed by atoms with van der Waals surface area (Å²) in [6, 6.07) is 6.49. The maximum absolute atomic E-state index is 5.50. The zero-order chi connectivity index (χ0) is 13.3. The first-order valence-corrected chi connectivity index (χ1v) is 7.05. The van der Waals surface area contributed by atoms with Gasteiger partial charge in [-0.1, -0.05) is 12.1 Å².